The van der Waals surface area contributed by atoms with Crippen LogP contribution in [-0.2, 0) is 0 Å². The molecule has 0 spiro atoms. The Morgan fingerprint density at radius 2 is 2.06 bits per heavy atom. The molecule has 1 heterocycles. The molecule has 1 aromatic heterocycles. The Morgan fingerprint density at radius 1 is 1.31 bits per heavy atom. The summed E-state index contributed by atoms with van der Waals surface area (Å²) in [4.78, 5) is 20.4. The molecule has 0 unspecified atom stereocenters. The first-order valence-electron chi connectivity index (χ1n) is 4.45. The van der Waals surface area contributed by atoms with Crippen molar-refractivity contribution in [1.29, 1.82) is 0 Å². The van der Waals surface area contributed by atoms with Crippen LogP contribution in [0, 0.1) is 0 Å². The highest BCUT2D eigenvalue weighted by atomic mass is 32.9. The van der Waals surface area contributed by atoms with Gasteiger partial charge in [-0.25, -0.2) is 0 Å². The maximum absolute atomic E-state index is 11.7. The second kappa shape index (κ2) is 5.38. The third kappa shape index (κ3) is 2.78. The first-order valence-corrected chi connectivity index (χ1v) is 7.82. The van der Waals surface area contributed by atoms with Crippen LogP contribution < -0.4 is 4.80 Å². The van der Waals surface area contributed by atoms with Crippen molar-refractivity contribution in [3.8, 4) is 0 Å². The lowest BCUT2D eigenvalue weighted by atomic mass is 10.2. The molecule has 0 saturated heterocycles. The van der Waals surface area contributed by atoms with Gasteiger partial charge in [-0.05, 0) is 39.1 Å². The van der Waals surface area contributed by atoms with Gasteiger partial charge >= 0.3 is 0 Å². The van der Waals surface area contributed by atoms with E-state index in [1.54, 1.807) is 23.9 Å². The van der Waals surface area contributed by atoms with E-state index in [2.05, 4.69) is 9.98 Å². The Morgan fingerprint density at radius 3 is 2.69 bits per heavy atom. The Balaban J connectivity index is 2.28. The predicted octanol–water partition coefficient (Wildman–Crippen LogP) is 2.67. The predicted molar refractivity (Wildman–Crippen MR) is 68.1 cm³/mol. The lowest BCUT2D eigenvalue weighted by Gasteiger charge is -1.91. The van der Waals surface area contributed by atoms with Gasteiger partial charge in [0.2, 0.25) is 4.80 Å². The van der Waals surface area contributed by atoms with Gasteiger partial charge in [-0.15, -0.1) is 0 Å². The summed E-state index contributed by atoms with van der Waals surface area (Å²) in [7, 11) is 2.95. The van der Waals surface area contributed by atoms with E-state index in [-0.39, 0.29) is 5.91 Å². The van der Waals surface area contributed by atoms with E-state index in [0.717, 1.165) is 4.34 Å². The van der Waals surface area contributed by atoms with E-state index in [4.69, 9.17) is 0 Å². The van der Waals surface area contributed by atoms with Crippen LogP contribution in [-0.4, -0.2) is 17.1 Å². The number of rotatable bonds is 2. The quantitative estimate of drug-likeness (QED) is 0.621. The number of aromatic nitrogens is 1. The number of carbonyl (C=O) groups is 1. The molecule has 3 nitrogen and oxygen atoms in total. The first kappa shape index (κ1) is 11.5. The van der Waals surface area contributed by atoms with E-state index in [9.17, 15) is 4.79 Å². The third-order valence-electron chi connectivity index (χ3n) is 1.77. The van der Waals surface area contributed by atoms with E-state index in [1.807, 2.05) is 24.5 Å². The average Bonchev–Trinajstić information content (AvgIpc) is 2.78. The fourth-order valence-corrected chi connectivity index (χ4v) is 3.82. The maximum atomic E-state index is 11.7. The average molecular weight is 268 g/mol. The minimum Gasteiger partial charge on any atom is -0.267 e. The minimum absolute atomic E-state index is 0.241. The molecule has 0 saturated carbocycles. The van der Waals surface area contributed by atoms with Crippen molar-refractivity contribution in [2.24, 2.45) is 4.99 Å². The summed E-state index contributed by atoms with van der Waals surface area (Å²) in [5, 5.41) is 0. The Kier molecular flexibility index (Phi) is 3.87. The number of hydrogen-bond donors (Lipinski definition) is 0. The molecular formula is C10H8N2OS3. The first-order chi connectivity index (χ1) is 7.79. The fourth-order valence-electron chi connectivity index (χ4n) is 1.04. The van der Waals surface area contributed by atoms with Gasteiger partial charge in [-0.1, -0.05) is 30.0 Å². The van der Waals surface area contributed by atoms with Gasteiger partial charge in [0.05, 0.1) is 0 Å². The van der Waals surface area contributed by atoms with Crippen LogP contribution >= 0.6 is 32.4 Å². The summed E-state index contributed by atoms with van der Waals surface area (Å²) in [5.41, 5.74) is 0.591. The zero-order chi connectivity index (χ0) is 11.4. The summed E-state index contributed by atoms with van der Waals surface area (Å²) in [6, 6.07) is 9.01. The van der Waals surface area contributed by atoms with Crippen molar-refractivity contribution in [2.45, 2.75) is 4.34 Å². The second-order valence-electron chi connectivity index (χ2n) is 2.81. The number of benzene rings is 1. The lowest BCUT2D eigenvalue weighted by Crippen LogP contribution is -2.04. The number of amides is 1. The number of thioether (sulfide) groups is 1. The molecule has 2 rings (SSSR count). The highest BCUT2D eigenvalue weighted by molar-refractivity contribution is 8.01. The highest BCUT2D eigenvalue weighted by Gasteiger charge is 2.03. The van der Waals surface area contributed by atoms with Gasteiger partial charge in [0, 0.05) is 5.56 Å². The Labute approximate surface area is 104 Å². The van der Waals surface area contributed by atoms with Crippen LogP contribution in [0.1, 0.15) is 10.4 Å². The topological polar surface area (TPSA) is 42.3 Å². The van der Waals surface area contributed by atoms with Crippen LogP contribution in [0.5, 0.6) is 0 Å². The second-order valence-corrected chi connectivity index (χ2v) is 5.95. The number of nitrogens with zero attached hydrogens (tertiary/aromatic N) is 2. The zero-order valence-electron chi connectivity index (χ0n) is 8.41. The van der Waals surface area contributed by atoms with Gasteiger partial charge in [-0.2, -0.15) is 9.98 Å². The normalized spacial score (nSPS) is 11.7. The zero-order valence-corrected chi connectivity index (χ0v) is 10.9. The molecule has 0 radical (unpaired) electrons. The molecule has 0 fully saturated rings. The Hall–Kier alpha value is -0.980. The molecular weight excluding hydrogens is 260 g/mol. The molecule has 82 valence electrons. The van der Waals surface area contributed by atoms with Crippen LogP contribution in [0.25, 0.3) is 0 Å². The SMILES string of the molecule is CSc1nc(=NC(=O)c2ccccc2)ss1. The van der Waals surface area contributed by atoms with Gasteiger partial charge < -0.3 is 0 Å². The fraction of sp³-hybridized carbons (Fsp3) is 0.100. The smallest absolute Gasteiger partial charge is 0.267 e. The minimum atomic E-state index is -0.241. The van der Waals surface area contributed by atoms with Crippen molar-refractivity contribution in [1.82, 2.24) is 4.98 Å². The van der Waals surface area contributed by atoms with Crippen molar-refractivity contribution in [2.75, 3.05) is 6.26 Å². The number of hydrogen-bond acceptors (Lipinski definition) is 5. The lowest BCUT2D eigenvalue weighted by molar-refractivity contribution is 0.0998. The molecule has 0 aliphatic carbocycles. The van der Waals surface area contributed by atoms with Crippen LogP contribution in [0.15, 0.2) is 39.7 Å². The van der Waals surface area contributed by atoms with Crippen LogP contribution in [0.2, 0.25) is 0 Å². The summed E-state index contributed by atoms with van der Waals surface area (Å²) in [5.74, 6) is -0.241. The molecule has 16 heavy (non-hydrogen) atoms. The summed E-state index contributed by atoms with van der Waals surface area (Å²) in [6.07, 6.45) is 1.95. The van der Waals surface area contributed by atoms with Crippen molar-refractivity contribution in [3.05, 3.63) is 40.7 Å². The van der Waals surface area contributed by atoms with Gasteiger partial charge in [0.1, 0.15) is 0 Å². The number of carbonyl (C=O) groups excluding carboxylic acids is 1. The molecule has 0 aliphatic heterocycles. The van der Waals surface area contributed by atoms with Crippen molar-refractivity contribution >= 4 is 38.3 Å². The molecule has 0 bridgehead atoms. The summed E-state index contributed by atoms with van der Waals surface area (Å²) in [6.45, 7) is 0. The third-order valence-corrected chi connectivity index (χ3v) is 5.09. The van der Waals surface area contributed by atoms with Crippen LogP contribution in [0.3, 0.4) is 0 Å². The molecule has 0 aliphatic rings. The maximum Gasteiger partial charge on any atom is 0.279 e. The molecule has 6 heteroatoms. The van der Waals surface area contributed by atoms with E-state index < -0.39 is 0 Å². The molecule has 1 aromatic carbocycles. The van der Waals surface area contributed by atoms with Crippen molar-refractivity contribution < 1.29 is 4.79 Å². The molecule has 0 N–H and O–H groups in total. The monoisotopic (exact) mass is 268 g/mol. The molecule has 0 atom stereocenters. The van der Waals surface area contributed by atoms with E-state index >= 15 is 0 Å². The van der Waals surface area contributed by atoms with E-state index in [1.165, 1.54) is 20.7 Å². The van der Waals surface area contributed by atoms with Crippen molar-refractivity contribution in [3.63, 3.8) is 0 Å². The van der Waals surface area contributed by atoms with Gasteiger partial charge in [0.25, 0.3) is 5.91 Å². The highest BCUT2D eigenvalue weighted by Crippen LogP contribution is 2.17. The summed E-state index contributed by atoms with van der Waals surface area (Å²) >= 11 is 1.56. The van der Waals surface area contributed by atoms with Crippen LogP contribution in [0.4, 0.5) is 0 Å². The largest absolute Gasteiger partial charge is 0.279 e. The molecule has 1 amide bonds. The standard InChI is InChI=1S/C10H8N2OS3/c1-14-10-12-9(15-16-10)11-8(13)7-5-3-2-4-6-7/h2-6H,1H3. The Bertz CT molecular complexity index is 544. The van der Waals surface area contributed by atoms with Gasteiger partial charge in [0.15, 0.2) is 4.34 Å². The molecule has 2 aromatic rings. The van der Waals surface area contributed by atoms with E-state index in [0.29, 0.717) is 10.4 Å². The summed E-state index contributed by atoms with van der Waals surface area (Å²) < 4.78 is 0.935. The van der Waals surface area contributed by atoms with Gasteiger partial charge in [-0.3, -0.25) is 4.79 Å².